The van der Waals surface area contributed by atoms with Gasteiger partial charge in [-0.2, -0.15) is 0 Å². The van der Waals surface area contributed by atoms with Gasteiger partial charge in [-0.1, -0.05) is 25.5 Å². The van der Waals surface area contributed by atoms with E-state index in [1.807, 2.05) is 26.0 Å². The quantitative estimate of drug-likeness (QED) is 0.858. The summed E-state index contributed by atoms with van der Waals surface area (Å²) in [6.45, 7) is 5.46. The molecule has 0 bridgehead atoms. The van der Waals surface area contributed by atoms with Crippen molar-refractivity contribution in [1.29, 1.82) is 0 Å². The lowest BCUT2D eigenvalue weighted by molar-refractivity contribution is -0.138. The molecule has 4 heteroatoms. The lowest BCUT2D eigenvalue weighted by atomic mass is 10.1. The van der Waals surface area contributed by atoms with Crippen molar-refractivity contribution in [3.63, 3.8) is 0 Å². The second-order valence-electron chi connectivity index (χ2n) is 4.87. The summed E-state index contributed by atoms with van der Waals surface area (Å²) in [7, 11) is 0. The van der Waals surface area contributed by atoms with Crippen molar-refractivity contribution in [1.82, 2.24) is 4.90 Å². The minimum Gasteiger partial charge on any atom is -0.480 e. The Kier molecular flexibility index (Phi) is 5.55. The molecule has 0 atom stereocenters. The highest BCUT2D eigenvalue weighted by atomic mass is 16.4. The topological polar surface area (TPSA) is 57.6 Å². The standard InChI is InChI=1S/C15H21NO3/c1-4-5-12-6-8-13(9-7-12)15(19)16(11(2)3)10-14(17)18/h6-9,11H,4-5,10H2,1-3H3,(H,17,18). The van der Waals surface area contributed by atoms with Crippen molar-refractivity contribution in [2.45, 2.75) is 39.7 Å². The lowest BCUT2D eigenvalue weighted by Crippen LogP contribution is -2.40. The van der Waals surface area contributed by atoms with Gasteiger partial charge in [0.1, 0.15) is 6.54 Å². The van der Waals surface area contributed by atoms with Crippen LogP contribution in [0.15, 0.2) is 24.3 Å². The van der Waals surface area contributed by atoms with Crippen LogP contribution in [0.25, 0.3) is 0 Å². The van der Waals surface area contributed by atoms with E-state index >= 15 is 0 Å². The number of carboxylic acids is 1. The second-order valence-corrected chi connectivity index (χ2v) is 4.87. The van der Waals surface area contributed by atoms with Crippen molar-refractivity contribution in [3.05, 3.63) is 35.4 Å². The summed E-state index contributed by atoms with van der Waals surface area (Å²) in [6, 6.07) is 7.25. The second kappa shape index (κ2) is 6.92. The van der Waals surface area contributed by atoms with Crippen molar-refractivity contribution in [2.75, 3.05) is 6.54 Å². The lowest BCUT2D eigenvalue weighted by Gasteiger charge is -2.25. The van der Waals surface area contributed by atoms with Crippen LogP contribution in [0.4, 0.5) is 0 Å². The molecule has 0 aromatic heterocycles. The largest absolute Gasteiger partial charge is 0.480 e. The highest BCUT2D eigenvalue weighted by molar-refractivity contribution is 5.96. The van der Waals surface area contributed by atoms with E-state index < -0.39 is 5.97 Å². The van der Waals surface area contributed by atoms with E-state index in [0.29, 0.717) is 5.56 Å². The molecule has 0 aliphatic carbocycles. The van der Waals surface area contributed by atoms with Gasteiger partial charge in [-0.25, -0.2) is 0 Å². The highest BCUT2D eigenvalue weighted by Gasteiger charge is 2.20. The van der Waals surface area contributed by atoms with Crippen LogP contribution in [0.5, 0.6) is 0 Å². The third-order valence-electron chi connectivity index (χ3n) is 2.93. The number of hydrogen-bond acceptors (Lipinski definition) is 2. The summed E-state index contributed by atoms with van der Waals surface area (Å²) in [5.74, 6) is -1.23. The van der Waals surface area contributed by atoms with Crippen molar-refractivity contribution >= 4 is 11.9 Å². The summed E-state index contributed by atoms with van der Waals surface area (Å²) >= 11 is 0. The van der Waals surface area contributed by atoms with Gasteiger partial charge in [0.25, 0.3) is 5.91 Å². The number of rotatable bonds is 6. The van der Waals surface area contributed by atoms with Crippen molar-refractivity contribution in [3.8, 4) is 0 Å². The zero-order chi connectivity index (χ0) is 14.4. The summed E-state index contributed by atoms with van der Waals surface area (Å²) in [4.78, 5) is 24.4. The van der Waals surface area contributed by atoms with Crippen LogP contribution in [0.2, 0.25) is 0 Å². The van der Waals surface area contributed by atoms with Gasteiger partial charge in [0.2, 0.25) is 0 Å². The molecule has 1 N–H and O–H groups in total. The highest BCUT2D eigenvalue weighted by Crippen LogP contribution is 2.11. The van der Waals surface area contributed by atoms with E-state index in [0.717, 1.165) is 12.8 Å². The minimum atomic E-state index is -0.996. The van der Waals surface area contributed by atoms with Crippen LogP contribution < -0.4 is 0 Å². The minimum absolute atomic E-state index is 0.140. The van der Waals surface area contributed by atoms with E-state index in [2.05, 4.69) is 6.92 Å². The number of hydrogen-bond donors (Lipinski definition) is 1. The maximum absolute atomic E-state index is 12.3. The molecule has 0 fully saturated rings. The number of aliphatic carboxylic acids is 1. The molecule has 0 heterocycles. The van der Waals surface area contributed by atoms with Crippen LogP contribution in [0.3, 0.4) is 0 Å². The Morgan fingerprint density at radius 1 is 1.21 bits per heavy atom. The van der Waals surface area contributed by atoms with E-state index in [4.69, 9.17) is 5.11 Å². The molecule has 0 aliphatic heterocycles. The first-order chi connectivity index (χ1) is 8.95. The Morgan fingerprint density at radius 3 is 2.21 bits per heavy atom. The zero-order valence-electron chi connectivity index (χ0n) is 11.7. The zero-order valence-corrected chi connectivity index (χ0v) is 11.7. The van der Waals surface area contributed by atoms with E-state index in [9.17, 15) is 9.59 Å². The molecule has 0 spiro atoms. The van der Waals surface area contributed by atoms with Gasteiger partial charge in [-0.05, 0) is 38.0 Å². The average Bonchev–Trinajstić information content (AvgIpc) is 2.36. The smallest absolute Gasteiger partial charge is 0.323 e. The fraction of sp³-hybridized carbons (Fsp3) is 0.467. The molecule has 1 amide bonds. The number of carbonyl (C=O) groups excluding carboxylic acids is 1. The summed E-state index contributed by atoms with van der Waals surface area (Å²) in [5.41, 5.74) is 1.73. The molecule has 0 aliphatic rings. The van der Waals surface area contributed by atoms with Gasteiger partial charge in [-0.15, -0.1) is 0 Å². The molecule has 19 heavy (non-hydrogen) atoms. The van der Waals surface area contributed by atoms with E-state index in [-0.39, 0.29) is 18.5 Å². The molecule has 1 aromatic carbocycles. The predicted molar refractivity (Wildman–Crippen MR) is 74.2 cm³/mol. The summed E-state index contributed by atoms with van der Waals surface area (Å²) in [5, 5.41) is 8.85. The van der Waals surface area contributed by atoms with Crippen LogP contribution in [0, 0.1) is 0 Å². The van der Waals surface area contributed by atoms with E-state index in [1.54, 1.807) is 12.1 Å². The monoisotopic (exact) mass is 263 g/mol. The van der Waals surface area contributed by atoms with Crippen LogP contribution in [-0.2, 0) is 11.2 Å². The van der Waals surface area contributed by atoms with Crippen LogP contribution in [0.1, 0.15) is 43.1 Å². The molecule has 1 aromatic rings. The molecule has 4 nitrogen and oxygen atoms in total. The first kappa shape index (κ1) is 15.2. The van der Waals surface area contributed by atoms with Crippen LogP contribution in [-0.4, -0.2) is 34.5 Å². The first-order valence-electron chi connectivity index (χ1n) is 6.57. The third-order valence-corrected chi connectivity index (χ3v) is 2.93. The fourth-order valence-corrected chi connectivity index (χ4v) is 1.90. The molecule has 0 saturated heterocycles. The Balaban J connectivity index is 2.87. The Bertz CT molecular complexity index is 437. The number of carbonyl (C=O) groups is 2. The van der Waals surface area contributed by atoms with Gasteiger partial charge in [0.15, 0.2) is 0 Å². The molecular formula is C15H21NO3. The number of amides is 1. The van der Waals surface area contributed by atoms with E-state index in [1.165, 1.54) is 10.5 Å². The average molecular weight is 263 g/mol. The number of aryl methyl sites for hydroxylation is 1. The predicted octanol–water partition coefficient (Wildman–Crippen LogP) is 2.57. The number of carboxylic acid groups (broad SMARTS) is 1. The molecular weight excluding hydrogens is 242 g/mol. The SMILES string of the molecule is CCCc1ccc(C(=O)N(CC(=O)O)C(C)C)cc1. The van der Waals surface area contributed by atoms with Crippen molar-refractivity contribution in [2.24, 2.45) is 0 Å². The first-order valence-corrected chi connectivity index (χ1v) is 6.57. The van der Waals surface area contributed by atoms with Crippen molar-refractivity contribution < 1.29 is 14.7 Å². The van der Waals surface area contributed by atoms with Crippen LogP contribution >= 0.6 is 0 Å². The number of nitrogens with zero attached hydrogens (tertiary/aromatic N) is 1. The molecule has 0 unspecified atom stereocenters. The summed E-state index contributed by atoms with van der Waals surface area (Å²) in [6.07, 6.45) is 2.04. The Morgan fingerprint density at radius 2 is 1.79 bits per heavy atom. The Labute approximate surface area is 114 Å². The molecule has 0 saturated carbocycles. The van der Waals surface area contributed by atoms with Gasteiger partial charge < -0.3 is 10.0 Å². The number of benzene rings is 1. The van der Waals surface area contributed by atoms with Gasteiger partial charge in [0.05, 0.1) is 0 Å². The third kappa shape index (κ3) is 4.39. The molecule has 104 valence electrons. The molecule has 1 rings (SSSR count). The Hall–Kier alpha value is -1.84. The fourth-order valence-electron chi connectivity index (χ4n) is 1.90. The maximum Gasteiger partial charge on any atom is 0.323 e. The van der Waals surface area contributed by atoms with Gasteiger partial charge in [0, 0.05) is 11.6 Å². The molecule has 0 radical (unpaired) electrons. The van der Waals surface area contributed by atoms with Gasteiger partial charge >= 0.3 is 5.97 Å². The van der Waals surface area contributed by atoms with Gasteiger partial charge in [-0.3, -0.25) is 9.59 Å². The normalized spacial score (nSPS) is 10.5. The maximum atomic E-state index is 12.3. The summed E-state index contributed by atoms with van der Waals surface area (Å²) < 4.78 is 0.